The molecule has 2 aromatic rings. The standard InChI is InChI=1S/C26H25N3O/c1-5-29(4)23-14-11-20(12-15-23)13-16-24-17-21(25(19-27)28-3)18-26(2,30-24)22-9-7-6-8-10-22/h6-17H,5,18H2,1-2,4H3/b16-13+,25-21+. The molecule has 0 saturated heterocycles. The van der Waals surface area contributed by atoms with E-state index in [0.29, 0.717) is 17.8 Å². The van der Waals surface area contributed by atoms with Gasteiger partial charge in [-0.15, -0.1) is 0 Å². The average molecular weight is 396 g/mol. The lowest BCUT2D eigenvalue weighted by atomic mass is 9.85. The lowest BCUT2D eigenvalue weighted by Crippen LogP contribution is -2.29. The van der Waals surface area contributed by atoms with E-state index in [1.807, 2.05) is 55.5 Å². The van der Waals surface area contributed by atoms with Gasteiger partial charge in [0.2, 0.25) is 0 Å². The van der Waals surface area contributed by atoms with E-state index in [1.54, 1.807) is 6.08 Å². The molecule has 1 atom stereocenters. The number of hydrogen-bond donors (Lipinski definition) is 0. The van der Waals surface area contributed by atoms with Crippen LogP contribution in [-0.2, 0) is 10.3 Å². The van der Waals surface area contributed by atoms with Crippen molar-refractivity contribution >= 4 is 11.8 Å². The van der Waals surface area contributed by atoms with Gasteiger partial charge < -0.3 is 9.64 Å². The van der Waals surface area contributed by atoms with Gasteiger partial charge in [-0.05, 0) is 54.8 Å². The highest BCUT2D eigenvalue weighted by Crippen LogP contribution is 2.40. The van der Waals surface area contributed by atoms with Crippen molar-refractivity contribution in [3.8, 4) is 6.07 Å². The number of nitrogens with zero attached hydrogens (tertiary/aromatic N) is 3. The van der Waals surface area contributed by atoms with Gasteiger partial charge in [0.25, 0.3) is 5.70 Å². The average Bonchev–Trinajstić information content (AvgIpc) is 2.79. The number of ether oxygens (including phenoxy) is 1. The minimum atomic E-state index is -0.647. The first-order chi connectivity index (χ1) is 14.5. The van der Waals surface area contributed by atoms with E-state index >= 15 is 0 Å². The smallest absolute Gasteiger partial charge is 0.265 e. The Kier molecular flexibility index (Phi) is 6.40. The first-order valence-electron chi connectivity index (χ1n) is 9.95. The zero-order valence-electron chi connectivity index (χ0n) is 17.6. The SMILES string of the molecule is [C-]#[N+]/C(C#N)=C1C=C(/C=C/c2ccc(N(C)CC)cc2)OC(C)(c2ccccc2)C\1. The van der Waals surface area contributed by atoms with Crippen molar-refractivity contribution in [2.24, 2.45) is 0 Å². The van der Waals surface area contributed by atoms with Crippen LogP contribution in [-0.4, -0.2) is 13.6 Å². The summed E-state index contributed by atoms with van der Waals surface area (Å²) in [6.07, 6.45) is 6.16. The highest BCUT2D eigenvalue weighted by molar-refractivity contribution is 5.58. The number of hydrogen-bond acceptors (Lipinski definition) is 3. The second kappa shape index (κ2) is 9.16. The minimum absolute atomic E-state index is 0.110. The van der Waals surface area contributed by atoms with Crippen LogP contribution in [0.25, 0.3) is 10.9 Å². The first-order valence-corrected chi connectivity index (χ1v) is 9.95. The molecule has 1 heterocycles. The highest BCUT2D eigenvalue weighted by atomic mass is 16.5. The Morgan fingerprint density at radius 2 is 1.90 bits per heavy atom. The van der Waals surface area contributed by atoms with E-state index in [2.05, 4.69) is 48.0 Å². The third-order valence-corrected chi connectivity index (χ3v) is 5.34. The lowest BCUT2D eigenvalue weighted by Gasteiger charge is -2.36. The third kappa shape index (κ3) is 4.62. The third-order valence-electron chi connectivity index (χ3n) is 5.34. The van der Waals surface area contributed by atoms with E-state index in [4.69, 9.17) is 11.3 Å². The Morgan fingerprint density at radius 1 is 1.20 bits per heavy atom. The number of allylic oxidation sites excluding steroid dienone is 3. The molecule has 0 radical (unpaired) electrons. The van der Waals surface area contributed by atoms with Crippen molar-refractivity contribution in [2.75, 3.05) is 18.5 Å². The monoisotopic (exact) mass is 395 g/mol. The van der Waals surface area contributed by atoms with Gasteiger partial charge >= 0.3 is 0 Å². The fourth-order valence-corrected chi connectivity index (χ4v) is 3.47. The summed E-state index contributed by atoms with van der Waals surface area (Å²) in [6.45, 7) is 12.4. The summed E-state index contributed by atoms with van der Waals surface area (Å²) in [4.78, 5) is 5.59. The van der Waals surface area contributed by atoms with Gasteiger partial charge in [0.1, 0.15) is 11.4 Å². The Morgan fingerprint density at radius 3 is 2.50 bits per heavy atom. The molecule has 1 unspecified atom stereocenters. The summed E-state index contributed by atoms with van der Waals surface area (Å²) in [7, 11) is 2.06. The van der Waals surface area contributed by atoms with Gasteiger partial charge in [0, 0.05) is 25.7 Å². The van der Waals surface area contributed by atoms with Crippen molar-refractivity contribution in [3.63, 3.8) is 0 Å². The predicted molar refractivity (Wildman–Crippen MR) is 121 cm³/mol. The van der Waals surface area contributed by atoms with Crippen molar-refractivity contribution in [2.45, 2.75) is 25.9 Å². The summed E-state index contributed by atoms with van der Waals surface area (Å²) in [5.74, 6) is 0.633. The molecule has 0 aromatic heterocycles. The molecule has 4 heteroatoms. The Bertz CT molecular complexity index is 1050. The minimum Gasteiger partial charge on any atom is -0.483 e. The molecule has 0 fully saturated rings. The fraction of sp³-hybridized carbons (Fsp3) is 0.231. The molecule has 0 aliphatic carbocycles. The van der Waals surface area contributed by atoms with Gasteiger partial charge in [0.05, 0.1) is 12.6 Å². The summed E-state index contributed by atoms with van der Waals surface area (Å²) in [5.41, 5.74) is 3.39. The predicted octanol–water partition coefficient (Wildman–Crippen LogP) is 6.07. The Hall–Kier alpha value is -3.76. The van der Waals surface area contributed by atoms with E-state index in [9.17, 15) is 5.26 Å². The zero-order valence-corrected chi connectivity index (χ0v) is 17.6. The summed E-state index contributed by atoms with van der Waals surface area (Å²) >= 11 is 0. The maximum Gasteiger partial charge on any atom is 0.265 e. The number of nitriles is 1. The fourth-order valence-electron chi connectivity index (χ4n) is 3.47. The van der Waals surface area contributed by atoms with Crippen LogP contribution in [0.5, 0.6) is 0 Å². The van der Waals surface area contributed by atoms with Crippen LogP contribution in [0.3, 0.4) is 0 Å². The summed E-state index contributed by atoms with van der Waals surface area (Å²) in [6, 6.07) is 20.2. The van der Waals surface area contributed by atoms with Crippen LogP contribution in [0.2, 0.25) is 0 Å². The van der Waals surface area contributed by atoms with E-state index in [-0.39, 0.29) is 5.70 Å². The van der Waals surface area contributed by atoms with Crippen LogP contribution in [0.4, 0.5) is 5.69 Å². The Balaban J connectivity index is 1.94. The first kappa shape index (κ1) is 21.0. The van der Waals surface area contributed by atoms with Crippen molar-refractivity contribution in [1.82, 2.24) is 0 Å². The molecule has 3 rings (SSSR count). The lowest BCUT2D eigenvalue weighted by molar-refractivity contribution is 0.0143. The summed E-state index contributed by atoms with van der Waals surface area (Å²) in [5, 5.41) is 9.39. The van der Waals surface area contributed by atoms with Gasteiger partial charge in [-0.25, -0.2) is 10.1 Å². The topological polar surface area (TPSA) is 40.6 Å². The molecule has 0 bridgehead atoms. The largest absolute Gasteiger partial charge is 0.483 e. The van der Waals surface area contributed by atoms with Crippen LogP contribution in [0.15, 0.2) is 83.8 Å². The molecule has 0 spiro atoms. The highest BCUT2D eigenvalue weighted by Gasteiger charge is 2.34. The van der Waals surface area contributed by atoms with Crippen LogP contribution < -0.4 is 4.90 Å². The van der Waals surface area contributed by atoms with Crippen molar-refractivity contribution in [3.05, 3.63) is 106 Å². The molecule has 1 aliphatic rings. The molecule has 0 saturated carbocycles. The van der Waals surface area contributed by atoms with Gasteiger partial charge in [0.15, 0.2) is 0 Å². The number of rotatable bonds is 5. The maximum absolute atomic E-state index is 9.39. The quantitative estimate of drug-likeness (QED) is 0.455. The van der Waals surface area contributed by atoms with Gasteiger partial charge in [-0.1, -0.05) is 48.5 Å². The molecular weight excluding hydrogens is 370 g/mol. The Labute approximate surface area is 178 Å². The van der Waals surface area contributed by atoms with Gasteiger partial charge in [-0.3, -0.25) is 0 Å². The normalized spacial score (nSPS) is 20.0. The van der Waals surface area contributed by atoms with E-state index < -0.39 is 5.60 Å². The van der Waals surface area contributed by atoms with Crippen LogP contribution in [0, 0.1) is 17.9 Å². The van der Waals surface area contributed by atoms with E-state index in [0.717, 1.165) is 17.7 Å². The van der Waals surface area contributed by atoms with Crippen molar-refractivity contribution < 1.29 is 4.74 Å². The maximum atomic E-state index is 9.39. The number of anilines is 1. The van der Waals surface area contributed by atoms with Crippen LogP contribution >= 0.6 is 0 Å². The molecule has 0 N–H and O–H groups in total. The second-order valence-electron chi connectivity index (χ2n) is 7.46. The molecule has 2 aromatic carbocycles. The molecule has 150 valence electrons. The molecule has 30 heavy (non-hydrogen) atoms. The molecule has 0 amide bonds. The van der Waals surface area contributed by atoms with Crippen LogP contribution in [0.1, 0.15) is 31.4 Å². The van der Waals surface area contributed by atoms with Crippen molar-refractivity contribution in [1.29, 1.82) is 5.26 Å². The summed E-state index contributed by atoms with van der Waals surface area (Å²) < 4.78 is 6.35. The molecular formula is C26H25N3O. The molecule has 4 nitrogen and oxygen atoms in total. The molecule has 1 aliphatic heterocycles. The van der Waals surface area contributed by atoms with E-state index in [1.165, 1.54) is 5.69 Å². The zero-order chi connectivity index (χ0) is 21.6. The van der Waals surface area contributed by atoms with Gasteiger partial charge in [-0.2, -0.15) is 0 Å². The number of benzene rings is 2. The second-order valence-corrected chi connectivity index (χ2v) is 7.46.